The normalized spacial score (nSPS) is 10.8. The first kappa shape index (κ1) is 23.4. The van der Waals surface area contributed by atoms with Crippen molar-refractivity contribution in [2.24, 2.45) is 0 Å². The van der Waals surface area contributed by atoms with Crippen molar-refractivity contribution < 1.29 is 19.1 Å². The molecule has 7 nitrogen and oxygen atoms in total. The van der Waals surface area contributed by atoms with E-state index in [0.29, 0.717) is 29.7 Å². The Morgan fingerprint density at radius 1 is 1.00 bits per heavy atom. The van der Waals surface area contributed by atoms with Gasteiger partial charge in [0, 0.05) is 31.5 Å². The first-order chi connectivity index (χ1) is 14.4. The third kappa shape index (κ3) is 6.08. The summed E-state index contributed by atoms with van der Waals surface area (Å²) in [5.74, 6) is -0.562. The van der Waals surface area contributed by atoms with Gasteiger partial charge in [-0.1, -0.05) is 39.5 Å². The Labute approximate surface area is 177 Å². The largest absolute Gasteiger partial charge is 0.489 e. The number of amides is 1. The monoisotopic (exact) mass is 416 g/mol. The van der Waals surface area contributed by atoms with Crippen molar-refractivity contribution in [3.05, 3.63) is 28.6 Å². The van der Waals surface area contributed by atoms with Crippen molar-refractivity contribution >= 4 is 28.5 Å². The van der Waals surface area contributed by atoms with Gasteiger partial charge in [0.1, 0.15) is 0 Å². The predicted molar refractivity (Wildman–Crippen MR) is 118 cm³/mol. The summed E-state index contributed by atoms with van der Waals surface area (Å²) in [6, 6.07) is 5.30. The molecule has 0 saturated carbocycles. The molecule has 0 saturated heterocycles. The van der Waals surface area contributed by atoms with Crippen molar-refractivity contribution in [2.45, 2.75) is 72.8 Å². The van der Waals surface area contributed by atoms with Gasteiger partial charge in [-0.3, -0.25) is 14.4 Å². The van der Waals surface area contributed by atoms with Crippen LogP contribution in [0.5, 0.6) is 11.5 Å². The van der Waals surface area contributed by atoms with Crippen LogP contribution in [0.1, 0.15) is 66.2 Å². The number of benzene rings is 1. The number of ether oxygens (including phenoxy) is 2. The highest BCUT2D eigenvalue weighted by molar-refractivity contribution is 5.95. The standard InChI is InChI=1S/C23H32N2O5/c1-5-7-9-10-13-25-20-15-18(24-16(3)26)11-12-19(20)21(29-14-8-6-2)22(23(25)28)30-17(4)27/h11-12,15H,5-10,13-14H2,1-4H3,(H,24,26). The number of fused-ring (bicyclic) bond motifs is 1. The van der Waals surface area contributed by atoms with Crippen LogP contribution in [0.3, 0.4) is 0 Å². The maximum Gasteiger partial charge on any atom is 0.308 e. The lowest BCUT2D eigenvalue weighted by molar-refractivity contribution is -0.132. The average molecular weight is 417 g/mol. The molecule has 0 aliphatic carbocycles. The van der Waals surface area contributed by atoms with Gasteiger partial charge in [0.05, 0.1) is 12.1 Å². The number of aromatic nitrogens is 1. The lowest BCUT2D eigenvalue weighted by Crippen LogP contribution is -2.25. The van der Waals surface area contributed by atoms with Crippen molar-refractivity contribution in [2.75, 3.05) is 11.9 Å². The van der Waals surface area contributed by atoms with E-state index in [0.717, 1.165) is 38.5 Å². The summed E-state index contributed by atoms with van der Waals surface area (Å²) in [6.07, 6.45) is 5.73. The molecule has 0 fully saturated rings. The van der Waals surface area contributed by atoms with Crippen LogP contribution in [0, 0.1) is 0 Å². The Morgan fingerprint density at radius 3 is 2.37 bits per heavy atom. The number of nitrogens with one attached hydrogen (secondary N) is 1. The number of aryl methyl sites for hydroxylation is 1. The summed E-state index contributed by atoms with van der Waals surface area (Å²) in [4.78, 5) is 36.5. The van der Waals surface area contributed by atoms with Crippen LogP contribution in [0.15, 0.2) is 23.0 Å². The number of esters is 1. The molecular weight excluding hydrogens is 384 g/mol. The van der Waals surface area contributed by atoms with Gasteiger partial charge in [0.25, 0.3) is 5.56 Å². The van der Waals surface area contributed by atoms with E-state index in [1.165, 1.54) is 13.8 Å². The molecule has 0 spiro atoms. The zero-order valence-electron chi connectivity index (χ0n) is 18.4. The van der Waals surface area contributed by atoms with Crippen LogP contribution in [0.4, 0.5) is 5.69 Å². The van der Waals surface area contributed by atoms with E-state index in [1.54, 1.807) is 22.8 Å². The number of hydrogen-bond donors (Lipinski definition) is 1. The second-order valence-electron chi connectivity index (χ2n) is 7.38. The third-order valence-electron chi connectivity index (χ3n) is 4.72. The van der Waals surface area contributed by atoms with Gasteiger partial charge in [-0.2, -0.15) is 0 Å². The van der Waals surface area contributed by atoms with Gasteiger partial charge in [-0.05, 0) is 31.0 Å². The summed E-state index contributed by atoms with van der Waals surface area (Å²) in [5, 5.41) is 3.43. The number of pyridine rings is 1. The smallest absolute Gasteiger partial charge is 0.308 e. The quantitative estimate of drug-likeness (QED) is 0.426. The van der Waals surface area contributed by atoms with Crippen molar-refractivity contribution in [3.63, 3.8) is 0 Å². The molecule has 7 heteroatoms. The Kier molecular flexibility index (Phi) is 8.89. The topological polar surface area (TPSA) is 86.6 Å². The lowest BCUT2D eigenvalue weighted by atomic mass is 10.1. The minimum absolute atomic E-state index is 0.0751. The zero-order chi connectivity index (χ0) is 22.1. The maximum atomic E-state index is 13.3. The van der Waals surface area contributed by atoms with Gasteiger partial charge in [-0.15, -0.1) is 0 Å². The van der Waals surface area contributed by atoms with Crippen molar-refractivity contribution in [1.82, 2.24) is 4.57 Å². The fourth-order valence-corrected chi connectivity index (χ4v) is 3.29. The molecule has 0 aliphatic heterocycles. The minimum Gasteiger partial charge on any atom is -0.489 e. The summed E-state index contributed by atoms with van der Waals surface area (Å²) in [7, 11) is 0. The van der Waals surface area contributed by atoms with Crippen LogP contribution in [0.25, 0.3) is 10.9 Å². The van der Waals surface area contributed by atoms with Crippen LogP contribution >= 0.6 is 0 Å². The highest BCUT2D eigenvalue weighted by Crippen LogP contribution is 2.35. The van der Waals surface area contributed by atoms with E-state index in [2.05, 4.69) is 12.2 Å². The fourth-order valence-electron chi connectivity index (χ4n) is 3.29. The van der Waals surface area contributed by atoms with Gasteiger partial charge in [0.15, 0.2) is 5.75 Å². The van der Waals surface area contributed by atoms with E-state index in [4.69, 9.17) is 9.47 Å². The summed E-state index contributed by atoms with van der Waals surface area (Å²) in [6.45, 7) is 7.77. The number of rotatable bonds is 11. The molecule has 0 aliphatic rings. The Bertz CT molecular complexity index is 949. The molecule has 0 radical (unpaired) electrons. The van der Waals surface area contributed by atoms with Gasteiger partial charge < -0.3 is 19.4 Å². The Morgan fingerprint density at radius 2 is 1.73 bits per heavy atom. The van der Waals surface area contributed by atoms with Gasteiger partial charge in [-0.25, -0.2) is 0 Å². The van der Waals surface area contributed by atoms with Gasteiger partial charge in [0.2, 0.25) is 11.7 Å². The molecule has 2 rings (SSSR count). The first-order valence-corrected chi connectivity index (χ1v) is 10.7. The predicted octanol–water partition coefficient (Wildman–Crippen LogP) is 4.64. The van der Waals surface area contributed by atoms with Crippen molar-refractivity contribution in [1.29, 1.82) is 0 Å². The number of hydrogen-bond acceptors (Lipinski definition) is 5. The number of nitrogens with zero attached hydrogens (tertiary/aromatic N) is 1. The molecule has 1 amide bonds. The molecule has 1 aromatic heterocycles. The molecule has 1 N–H and O–H groups in total. The maximum absolute atomic E-state index is 13.3. The number of unbranched alkanes of at least 4 members (excludes halogenated alkanes) is 4. The third-order valence-corrected chi connectivity index (χ3v) is 4.72. The second kappa shape index (κ2) is 11.4. The number of carbonyl (C=O) groups excluding carboxylic acids is 2. The number of anilines is 1. The van der Waals surface area contributed by atoms with Crippen molar-refractivity contribution in [3.8, 4) is 11.5 Å². The molecule has 2 aromatic rings. The summed E-state index contributed by atoms with van der Waals surface area (Å²) >= 11 is 0. The molecule has 0 bridgehead atoms. The molecule has 164 valence electrons. The van der Waals surface area contributed by atoms with E-state index in [9.17, 15) is 14.4 Å². The van der Waals surface area contributed by atoms with Crippen LogP contribution in [-0.4, -0.2) is 23.1 Å². The van der Waals surface area contributed by atoms with Gasteiger partial charge >= 0.3 is 5.97 Å². The Hall–Kier alpha value is -2.83. The van der Waals surface area contributed by atoms with Crippen LogP contribution in [0.2, 0.25) is 0 Å². The van der Waals surface area contributed by atoms with E-state index in [-0.39, 0.29) is 17.4 Å². The summed E-state index contributed by atoms with van der Waals surface area (Å²) < 4.78 is 12.8. The zero-order valence-corrected chi connectivity index (χ0v) is 18.4. The van der Waals surface area contributed by atoms with E-state index in [1.807, 2.05) is 6.92 Å². The fraction of sp³-hybridized carbons (Fsp3) is 0.522. The summed E-state index contributed by atoms with van der Waals surface area (Å²) in [5.41, 5.74) is 0.835. The highest BCUT2D eigenvalue weighted by atomic mass is 16.6. The first-order valence-electron chi connectivity index (χ1n) is 10.7. The molecule has 0 unspecified atom stereocenters. The van der Waals surface area contributed by atoms with Crippen LogP contribution < -0.4 is 20.3 Å². The molecule has 1 aromatic carbocycles. The minimum atomic E-state index is -0.570. The lowest BCUT2D eigenvalue weighted by Gasteiger charge is -2.18. The van der Waals surface area contributed by atoms with E-state index < -0.39 is 11.5 Å². The highest BCUT2D eigenvalue weighted by Gasteiger charge is 2.21. The number of carbonyl (C=O) groups is 2. The molecule has 0 atom stereocenters. The molecule has 1 heterocycles. The SMILES string of the molecule is CCCCCCn1c(=O)c(OC(C)=O)c(OCCCC)c2ccc(NC(C)=O)cc21. The van der Waals surface area contributed by atoms with Crippen LogP contribution in [-0.2, 0) is 16.1 Å². The molecular formula is C23H32N2O5. The Balaban J connectivity index is 2.66. The molecule has 30 heavy (non-hydrogen) atoms. The van der Waals surface area contributed by atoms with E-state index >= 15 is 0 Å². The second-order valence-corrected chi connectivity index (χ2v) is 7.38. The average Bonchev–Trinajstić information content (AvgIpc) is 2.68.